The highest BCUT2D eigenvalue weighted by atomic mass is 16.5. The van der Waals surface area contributed by atoms with Crippen molar-refractivity contribution >= 4 is 11.6 Å². The van der Waals surface area contributed by atoms with E-state index in [9.17, 15) is 0 Å². The summed E-state index contributed by atoms with van der Waals surface area (Å²) < 4.78 is 12.0. The maximum atomic E-state index is 5.34. The van der Waals surface area contributed by atoms with Gasteiger partial charge in [-0.3, -0.25) is 0 Å². The van der Waals surface area contributed by atoms with Crippen LogP contribution in [0.2, 0.25) is 0 Å². The van der Waals surface area contributed by atoms with Crippen LogP contribution in [0.5, 0.6) is 0 Å². The number of nitrogens with zero attached hydrogens (tertiary/aromatic N) is 3. The van der Waals surface area contributed by atoms with Gasteiger partial charge in [-0.05, 0) is 18.6 Å². The van der Waals surface area contributed by atoms with Gasteiger partial charge in [-0.25, -0.2) is 4.52 Å². The van der Waals surface area contributed by atoms with Gasteiger partial charge < -0.3 is 14.8 Å². The van der Waals surface area contributed by atoms with Crippen molar-refractivity contribution in [2.75, 3.05) is 38.8 Å². The minimum absolute atomic E-state index is 0.607. The van der Waals surface area contributed by atoms with Crippen molar-refractivity contribution in [3.63, 3.8) is 0 Å². The Kier molecular flexibility index (Phi) is 4.49. The summed E-state index contributed by atoms with van der Waals surface area (Å²) in [6, 6.07) is 3.96. The second kappa shape index (κ2) is 6.32. The first-order valence-corrected chi connectivity index (χ1v) is 5.93. The number of rotatable bonds is 7. The Morgan fingerprint density at radius 2 is 2.17 bits per heavy atom. The molecule has 18 heavy (non-hydrogen) atoms. The quantitative estimate of drug-likeness (QED) is 0.746. The first-order chi connectivity index (χ1) is 8.79. The number of aromatic nitrogens is 3. The lowest BCUT2D eigenvalue weighted by Gasteiger charge is -2.03. The zero-order valence-electron chi connectivity index (χ0n) is 10.7. The number of hydrogen-bond acceptors (Lipinski definition) is 5. The van der Waals surface area contributed by atoms with E-state index in [1.165, 1.54) is 0 Å². The number of anilines is 1. The van der Waals surface area contributed by atoms with Gasteiger partial charge in [-0.15, -0.1) is 5.10 Å². The van der Waals surface area contributed by atoms with Crippen LogP contribution in [0, 0.1) is 6.92 Å². The van der Waals surface area contributed by atoms with Gasteiger partial charge in [0.05, 0.1) is 19.8 Å². The number of pyridine rings is 1. The third-order valence-electron chi connectivity index (χ3n) is 2.44. The van der Waals surface area contributed by atoms with E-state index in [0.29, 0.717) is 32.3 Å². The molecule has 2 rings (SSSR count). The average Bonchev–Trinajstić information content (AvgIpc) is 2.75. The SMILES string of the molecule is COCCOCCNc1nc2ccc(C)cn2n1. The van der Waals surface area contributed by atoms with Gasteiger partial charge in [-0.2, -0.15) is 4.98 Å². The monoisotopic (exact) mass is 250 g/mol. The molecule has 2 aromatic heterocycles. The first-order valence-electron chi connectivity index (χ1n) is 5.93. The van der Waals surface area contributed by atoms with Crippen molar-refractivity contribution in [3.05, 3.63) is 23.9 Å². The van der Waals surface area contributed by atoms with E-state index in [1.54, 1.807) is 11.6 Å². The fourth-order valence-electron chi connectivity index (χ4n) is 1.54. The van der Waals surface area contributed by atoms with Crippen LogP contribution in [0.1, 0.15) is 5.56 Å². The highest BCUT2D eigenvalue weighted by molar-refractivity contribution is 5.43. The molecule has 0 aliphatic rings. The third kappa shape index (κ3) is 3.41. The smallest absolute Gasteiger partial charge is 0.243 e. The number of methoxy groups -OCH3 is 1. The molecule has 0 aromatic carbocycles. The van der Waals surface area contributed by atoms with Gasteiger partial charge in [0.15, 0.2) is 5.65 Å². The number of ether oxygens (including phenoxy) is 2. The molecule has 2 aromatic rings. The van der Waals surface area contributed by atoms with E-state index in [-0.39, 0.29) is 0 Å². The molecular formula is C12H18N4O2. The topological polar surface area (TPSA) is 60.7 Å². The van der Waals surface area contributed by atoms with Gasteiger partial charge in [-0.1, -0.05) is 6.07 Å². The predicted octanol–water partition coefficient (Wildman–Crippen LogP) is 1.11. The largest absolute Gasteiger partial charge is 0.382 e. The molecule has 0 aliphatic heterocycles. The molecule has 0 fully saturated rings. The number of aryl methyl sites for hydroxylation is 1. The molecular weight excluding hydrogens is 232 g/mol. The molecule has 6 heteroatoms. The Labute approximate surface area is 106 Å². The molecule has 0 unspecified atom stereocenters. The zero-order valence-corrected chi connectivity index (χ0v) is 10.7. The fourth-order valence-corrected chi connectivity index (χ4v) is 1.54. The van der Waals surface area contributed by atoms with Crippen molar-refractivity contribution in [2.45, 2.75) is 6.92 Å². The van der Waals surface area contributed by atoms with E-state index in [0.717, 1.165) is 11.2 Å². The van der Waals surface area contributed by atoms with E-state index in [4.69, 9.17) is 9.47 Å². The molecule has 1 N–H and O–H groups in total. The highest BCUT2D eigenvalue weighted by Gasteiger charge is 2.02. The maximum Gasteiger partial charge on any atom is 0.243 e. The van der Waals surface area contributed by atoms with Crippen LogP contribution in [0.25, 0.3) is 5.65 Å². The van der Waals surface area contributed by atoms with Gasteiger partial charge in [0.1, 0.15) is 0 Å². The molecule has 0 radical (unpaired) electrons. The molecule has 2 heterocycles. The summed E-state index contributed by atoms with van der Waals surface area (Å²) in [7, 11) is 1.66. The lowest BCUT2D eigenvalue weighted by Crippen LogP contribution is -2.12. The number of fused-ring (bicyclic) bond motifs is 1. The van der Waals surface area contributed by atoms with E-state index < -0.39 is 0 Å². The molecule has 0 spiro atoms. The third-order valence-corrected chi connectivity index (χ3v) is 2.44. The van der Waals surface area contributed by atoms with Crippen molar-refractivity contribution in [1.29, 1.82) is 0 Å². The van der Waals surface area contributed by atoms with Crippen LogP contribution in [0.4, 0.5) is 5.95 Å². The molecule has 0 saturated heterocycles. The van der Waals surface area contributed by atoms with E-state index >= 15 is 0 Å². The minimum Gasteiger partial charge on any atom is -0.382 e. The van der Waals surface area contributed by atoms with Crippen molar-refractivity contribution < 1.29 is 9.47 Å². The minimum atomic E-state index is 0.607. The molecule has 98 valence electrons. The lowest BCUT2D eigenvalue weighted by atomic mass is 10.3. The van der Waals surface area contributed by atoms with Gasteiger partial charge >= 0.3 is 0 Å². The second-order valence-corrected chi connectivity index (χ2v) is 3.98. The van der Waals surface area contributed by atoms with Gasteiger partial charge in [0.25, 0.3) is 0 Å². The molecule has 0 bridgehead atoms. The van der Waals surface area contributed by atoms with Crippen molar-refractivity contribution in [3.8, 4) is 0 Å². The van der Waals surface area contributed by atoms with Crippen molar-refractivity contribution in [1.82, 2.24) is 14.6 Å². The Bertz CT molecular complexity index is 498. The van der Waals surface area contributed by atoms with Crippen LogP contribution < -0.4 is 5.32 Å². The van der Waals surface area contributed by atoms with E-state index in [1.807, 2.05) is 25.3 Å². The van der Waals surface area contributed by atoms with Crippen LogP contribution >= 0.6 is 0 Å². The Hall–Kier alpha value is -1.66. The summed E-state index contributed by atoms with van der Waals surface area (Å²) in [6.07, 6.45) is 1.95. The summed E-state index contributed by atoms with van der Waals surface area (Å²) >= 11 is 0. The van der Waals surface area contributed by atoms with Gasteiger partial charge in [0, 0.05) is 19.9 Å². The summed E-state index contributed by atoms with van der Waals surface area (Å²) in [5.41, 5.74) is 1.99. The summed E-state index contributed by atoms with van der Waals surface area (Å²) in [4.78, 5) is 4.35. The molecule has 0 amide bonds. The van der Waals surface area contributed by atoms with Crippen LogP contribution in [0.3, 0.4) is 0 Å². The fraction of sp³-hybridized carbons (Fsp3) is 0.500. The van der Waals surface area contributed by atoms with Crippen LogP contribution in [0.15, 0.2) is 18.3 Å². The van der Waals surface area contributed by atoms with Crippen LogP contribution in [-0.4, -0.2) is 48.1 Å². The number of hydrogen-bond donors (Lipinski definition) is 1. The standard InChI is InChI=1S/C12H18N4O2/c1-10-3-4-11-14-12(15-16(11)9-10)13-5-6-18-8-7-17-2/h3-4,9H,5-8H2,1-2H3,(H,13,15). The summed E-state index contributed by atoms with van der Waals surface area (Å²) in [5.74, 6) is 0.621. The summed E-state index contributed by atoms with van der Waals surface area (Å²) in [6.45, 7) is 4.54. The zero-order chi connectivity index (χ0) is 12.8. The van der Waals surface area contributed by atoms with Crippen molar-refractivity contribution in [2.24, 2.45) is 0 Å². The maximum absolute atomic E-state index is 5.34. The van der Waals surface area contributed by atoms with E-state index in [2.05, 4.69) is 15.4 Å². The molecule has 6 nitrogen and oxygen atoms in total. The normalized spacial score (nSPS) is 11.0. The molecule has 0 atom stereocenters. The number of nitrogens with one attached hydrogen (secondary N) is 1. The first kappa shape index (κ1) is 12.8. The lowest BCUT2D eigenvalue weighted by molar-refractivity contribution is 0.0759. The molecule has 0 aliphatic carbocycles. The Balaban J connectivity index is 1.81. The predicted molar refractivity (Wildman–Crippen MR) is 68.9 cm³/mol. The molecule has 0 saturated carbocycles. The summed E-state index contributed by atoms with van der Waals surface area (Å²) in [5, 5.41) is 7.44. The second-order valence-electron chi connectivity index (χ2n) is 3.98. The average molecular weight is 250 g/mol. The van der Waals surface area contributed by atoms with Gasteiger partial charge in [0.2, 0.25) is 5.95 Å². The van der Waals surface area contributed by atoms with Crippen LogP contribution in [-0.2, 0) is 9.47 Å². The Morgan fingerprint density at radius 1 is 1.28 bits per heavy atom. The Morgan fingerprint density at radius 3 is 3.00 bits per heavy atom. The highest BCUT2D eigenvalue weighted by Crippen LogP contribution is 2.06.